The number of carbonyl (C=O) groups is 1. The van der Waals surface area contributed by atoms with E-state index in [4.69, 9.17) is 0 Å². The van der Waals surface area contributed by atoms with Crippen LogP contribution < -0.4 is 0 Å². The van der Waals surface area contributed by atoms with Gasteiger partial charge in [0.05, 0.1) is 0 Å². The molecule has 0 aliphatic rings. The fourth-order valence-electron chi connectivity index (χ4n) is 0.433. The van der Waals surface area contributed by atoms with E-state index in [2.05, 4.69) is 44.5 Å². The summed E-state index contributed by atoms with van der Waals surface area (Å²) in [7, 11) is 0. The molecular formula is C9H9BrO2. The van der Waals surface area contributed by atoms with Crippen LogP contribution in [-0.2, 0) is 9.53 Å². The highest BCUT2D eigenvalue weighted by Crippen LogP contribution is 1.95. The number of esters is 1. The van der Waals surface area contributed by atoms with Gasteiger partial charge >= 0.3 is 5.97 Å². The average Bonchev–Trinajstić information content (AvgIpc) is 2.09. The molecule has 3 heteroatoms. The molecule has 2 nitrogen and oxygen atoms in total. The molecule has 0 N–H and O–H groups in total. The van der Waals surface area contributed by atoms with Crippen LogP contribution in [0.15, 0.2) is 0 Å². The fourth-order valence-corrected chi connectivity index (χ4v) is 0.713. The molecule has 64 valence electrons. The predicted molar refractivity (Wildman–Crippen MR) is 50.3 cm³/mol. The molecule has 0 saturated heterocycles. The van der Waals surface area contributed by atoms with Crippen molar-refractivity contribution in [3.05, 3.63) is 0 Å². The van der Waals surface area contributed by atoms with Crippen LogP contribution in [0.3, 0.4) is 0 Å². The Bertz CT molecular complexity index is 249. The molecule has 12 heavy (non-hydrogen) atoms. The molecule has 0 spiro atoms. The van der Waals surface area contributed by atoms with Crippen LogP contribution in [0.4, 0.5) is 0 Å². The molecule has 0 aromatic rings. The van der Waals surface area contributed by atoms with Gasteiger partial charge in [0.1, 0.15) is 6.11 Å². The van der Waals surface area contributed by atoms with Crippen molar-refractivity contribution >= 4 is 21.9 Å². The number of hydrogen-bond donors (Lipinski definition) is 0. The molecule has 0 amide bonds. The van der Waals surface area contributed by atoms with E-state index in [-0.39, 0.29) is 5.97 Å². The van der Waals surface area contributed by atoms with E-state index in [1.54, 1.807) is 6.92 Å². The van der Waals surface area contributed by atoms with Crippen LogP contribution >= 0.6 is 15.9 Å². The van der Waals surface area contributed by atoms with Gasteiger partial charge in [0.25, 0.3) is 0 Å². The van der Waals surface area contributed by atoms with Crippen molar-refractivity contribution in [1.29, 1.82) is 0 Å². The molecule has 0 unspecified atom stereocenters. The zero-order chi connectivity index (χ0) is 9.23. The van der Waals surface area contributed by atoms with E-state index in [1.165, 1.54) is 0 Å². The molecule has 0 aliphatic carbocycles. The lowest BCUT2D eigenvalue weighted by atomic mass is 10.3. The lowest BCUT2D eigenvalue weighted by Gasteiger charge is -1.91. The van der Waals surface area contributed by atoms with Gasteiger partial charge in [0, 0.05) is 17.7 Å². The molecular weight excluding hydrogens is 220 g/mol. The van der Waals surface area contributed by atoms with Crippen LogP contribution in [0, 0.1) is 23.9 Å². The summed E-state index contributed by atoms with van der Waals surface area (Å²) in [4.78, 5) is 10.8. The summed E-state index contributed by atoms with van der Waals surface area (Å²) in [5, 5.41) is 0.796. The quantitative estimate of drug-likeness (QED) is 0.418. The zero-order valence-corrected chi connectivity index (χ0v) is 8.40. The first-order valence-corrected chi connectivity index (χ1v) is 4.60. The highest BCUT2D eigenvalue weighted by atomic mass is 79.9. The number of halogens is 1. The third kappa shape index (κ3) is 7.18. The number of rotatable bonds is 3. The Kier molecular flexibility index (Phi) is 7.54. The second-order valence-corrected chi connectivity index (χ2v) is 2.66. The molecule has 0 radical (unpaired) electrons. The van der Waals surface area contributed by atoms with Crippen molar-refractivity contribution < 1.29 is 9.53 Å². The van der Waals surface area contributed by atoms with Crippen LogP contribution in [0.5, 0.6) is 0 Å². The van der Waals surface area contributed by atoms with Gasteiger partial charge in [-0.05, 0) is 19.3 Å². The van der Waals surface area contributed by atoms with E-state index in [0.29, 0.717) is 6.42 Å². The van der Waals surface area contributed by atoms with E-state index in [9.17, 15) is 4.79 Å². The maximum absolute atomic E-state index is 10.8. The van der Waals surface area contributed by atoms with Crippen molar-refractivity contribution in [3.63, 3.8) is 0 Å². The first-order chi connectivity index (χ1) is 5.81. The molecule has 0 atom stereocenters. The van der Waals surface area contributed by atoms with Gasteiger partial charge < -0.3 is 4.74 Å². The minimum absolute atomic E-state index is 0.306. The zero-order valence-electron chi connectivity index (χ0n) is 6.82. The van der Waals surface area contributed by atoms with Gasteiger partial charge in [-0.3, -0.25) is 4.79 Å². The Balaban J connectivity index is 3.56. The standard InChI is InChI=1S/C9H9BrO2/c1-2-3-4-8-12-9(11)6-5-7-10/h5-7H2,1H3. The number of hydrogen-bond acceptors (Lipinski definition) is 2. The molecule has 0 fully saturated rings. The summed E-state index contributed by atoms with van der Waals surface area (Å²) in [6.07, 6.45) is 3.36. The largest absolute Gasteiger partial charge is 0.371 e. The highest BCUT2D eigenvalue weighted by molar-refractivity contribution is 9.09. The summed E-state index contributed by atoms with van der Waals surface area (Å²) in [6.45, 7) is 1.67. The van der Waals surface area contributed by atoms with Gasteiger partial charge in [-0.25, -0.2) is 0 Å². The van der Waals surface area contributed by atoms with Gasteiger partial charge in [0.2, 0.25) is 0 Å². The Morgan fingerprint density at radius 2 is 2.25 bits per heavy atom. The van der Waals surface area contributed by atoms with Crippen molar-refractivity contribution in [2.24, 2.45) is 0 Å². The second kappa shape index (κ2) is 8.17. The van der Waals surface area contributed by atoms with Crippen LogP contribution in [0.2, 0.25) is 0 Å². The number of ether oxygens (including phenoxy) is 1. The maximum Gasteiger partial charge on any atom is 0.319 e. The monoisotopic (exact) mass is 228 g/mol. The molecule has 0 aromatic carbocycles. The van der Waals surface area contributed by atoms with Gasteiger partial charge in [-0.15, -0.1) is 0 Å². The van der Waals surface area contributed by atoms with Crippen LogP contribution in [-0.4, -0.2) is 11.3 Å². The van der Waals surface area contributed by atoms with Crippen molar-refractivity contribution in [2.45, 2.75) is 19.8 Å². The van der Waals surface area contributed by atoms with Gasteiger partial charge in [0.15, 0.2) is 0 Å². The topological polar surface area (TPSA) is 26.3 Å². The molecule has 0 bridgehead atoms. The summed E-state index contributed by atoms with van der Waals surface area (Å²) in [5.74, 6) is 7.10. The highest BCUT2D eigenvalue weighted by Gasteiger charge is 1.98. The Hall–Kier alpha value is -0.930. The van der Waals surface area contributed by atoms with Crippen LogP contribution in [0.25, 0.3) is 0 Å². The summed E-state index contributed by atoms with van der Waals surface area (Å²) in [5.41, 5.74) is 0. The summed E-state index contributed by atoms with van der Waals surface area (Å²) in [6, 6.07) is 0. The molecule has 0 heterocycles. The number of carbonyl (C=O) groups excluding carboxylic acids is 1. The predicted octanol–water partition coefficient (Wildman–Crippen LogP) is 1.69. The van der Waals surface area contributed by atoms with E-state index < -0.39 is 0 Å². The minimum atomic E-state index is -0.306. The van der Waals surface area contributed by atoms with Gasteiger partial charge in [-0.2, -0.15) is 0 Å². The lowest BCUT2D eigenvalue weighted by molar-refractivity contribution is -0.136. The third-order valence-corrected chi connectivity index (χ3v) is 1.48. The second-order valence-electron chi connectivity index (χ2n) is 1.87. The molecule has 0 aromatic heterocycles. The van der Waals surface area contributed by atoms with Crippen molar-refractivity contribution in [2.75, 3.05) is 5.33 Å². The average molecular weight is 229 g/mol. The van der Waals surface area contributed by atoms with Crippen LogP contribution in [0.1, 0.15) is 19.8 Å². The van der Waals surface area contributed by atoms with Crippen molar-refractivity contribution in [1.82, 2.24) is 0 Å². The molecule has 0 saturated carbocycles. The molecule has 0 aliphatic heterocycles. The maximum atomic E-state index is 10.8. The minimum Gasteiger partial charge on any atom is -0.371 e. The SMILES string of the molecule is CC#CC#COC(=O)CCCBr. The van der Waals surface area contributed by atoms with E-state index >= 15 is 0 Å². The fraction of sp³-hybridized carbons (Fsp3) is 0.444. The Morgan fingerprint density at radius 3 is 2.83 bits per heavy atom. The number of alkyl halides is 1. The van der Waals surface area contributed by atoms with Gasteiger partial charge in [-0.1, -0.05) is 21.9 Å². The Morgan fingerprint density at radius 1 is 1.50 bits per heavy atom. The summed E-state index contributed by atoms with van der Waals surface area (Å²) >= 11 is 3.20. The normalized spacial score (nSPS) is 7.17. The first kappa shape index (κ1) is 11.1. The Labute approximate surface area is 80.8 Å². The van der Waals surface area contributed by atoms with E-state index in [0.717, 1.165) is 11.8 Å². The third-order valence-electron chi connectivity index (χ3n) is 0.918. The lowest BCUT2D eigenvalue weighted by Crippen LogP contribution is -1.99. The first-order valence-electron chi connectivity index (χ1n) is 3.48. The molecule has 0 rings (SSSR count). The van der Waals surface area contributed by atoms with E-state index in [1.807, 2.05) is 0 Å². The van der Waals surface area contributed by atoms with Crippen molar-refractivity contribution in [3.8, 4) is 23.9 Å². The summed E-state index contributed by atoms with van der Waals surface area (Å²) < 4.78 is 4.52. The smallest absolute Gasteiger partial charge is 0.319 e.